The topological polar surface area (TPSA) is 33.6 Å². The van der Waals surface area contributed by atoms with E-state index in [9.17, 15) is 0 Å². The first-order valence-corrected chi connectivity index (χ1v) is 6.67. The zero-order valence-electron chi connectivity index (χ0n) is 10.9. The Morgan fingerprint density at radius 2 is 1.89 bits per heavy atom. The summed E-state index contributed by atoms with van der Waals surface area (Å²) in [7, 11) is 1.65. The van der Waals surface area contributed by atoms with E-state index in [0.717, 1.165) is 21.5 Å². The maximum absolute atomic E-state index is 5.10. The molecule has 0 radical (unpaired) electrons. The van der Waals surface area contributed by atoms with Crippen LogP contribution in [0.4, 0.5) is 5.69 Å². The summed E-state index contributed by atoms with van der Waals surface area (Å²) < 4.78 is 6.13. The molecule has 2 aromatic rings. The lowest BCUT2D eigenvalue weighted by molar-refractivity contribution is 0.415. The Hall–Kier alpha value is -1.81. The third kappa shape index (κ3) is 3.83. The van der Waals surface area contributed by atoms with Gasteiger partial charge in [0.2, 0.25) is 0 Å². The average Bonchev–Trinajstić information content (AvgIpc) is 2.42. The van der Waals surface area contributed by atoms with E-state index in [0.29, 0.717) is 0 Å². The smallest absolute Gasteiger partial charge is 0.119 e. The van der Waals surface area contributed by atoms with Gasteiger partial charge < -0.3 is 4.74 Å². The fourth-order valence-corrected chi connectivity index (χ4v) is 2.17. The second-order valence-corrected chi connectivity index (χ2v) is 4.98. The van der Waals surface area contributed by atoms with Gasteiger partial charge >= 0.3 is 0 Å². The molecule has 2 aromatic carbocycles. The molecule has 2 rings (SSSR count). The highest BCUT2D eigenvalue weighted by atomic mass is 79.9. The lowest BCUT2D eigenvalue weighted by Gasteiger charge is -2.03. The molecule has 0 atom stereocenters. The highest BCUT2D eigenvalue weighted by Gasteiger charge is 1.96. The van der Waals surface area contributed by atoms with Gasteiger partial charge in [0.05, 0.1) is 19.0 Å². The standard InChI is InChI=1S/C15H15BrN2O/c1-11-3-4-12(15(16)9-11)10-17-18-13-5-7-14(19-2)8-6-13/h3-10,18H,1-2H3. The molecule has 0 fully saturated rings. The number of hydrazone groups is 1. The molecule has 0 aliphatic carbocycles. The SMILES string of the molecule is COc1ccc(NN=Cc2ccc(C)cc2Br)cc1. The average molecular weight is 319 g/mol. The molecular weight excluding hydrogens is 304 g/mol. The Bertz CT molecular complexity index is 579. The summed E-state index contributed by atoms with van der Waals surface area (Å²) in [5.41, 5.74) is 6.15. The maximum atomic E-state index is 5.10. The highest BCUT2D eigenvalue weighted by Crippen LogP contribution is 2.17. The number of aryl methyl sites for hydroxylation is 1. The number of nitrogens with zero attached hydrogens (tertiary/aromatic N) is 1. The Labute approximate surface area is 121 Å². The van der Waals surface area contributed by atoms with Crippen LogP contribution in [0.2, 0.25) is 0 Å². The Balaban J connectivity index is 2.02. The molecule has 98 valence electrons. The van der Waals surface area contributed by atoms with E-state index in [1.54, 1.807) is 13.3 Å². The van der Waals surface area contributed by atoms with Gasteiger partial charge in [-0.15, -0.1) is 0 Å². The van der Waals surface area contributed by atoms with Crippen molar-refractivity contribution < 1.29 is 4.74 Å². The van der Waals surface area contributed by atoms with Gasteiger partial charge in [0.15, 0.2) is 0 Å². The van der Waals surface area contributed by atoms with E-state index in [4.69, 9.17) is 4.74 Å². The molecular formula is C15H15BrN2O. The first kappa shape index (κ1) is 13.6. The Kier molecular flexibility index (Phi) is 4.58. The van der Waals surface area contributed by atoms with Crippen LogP contribution in [0.1, 0.15) is 11.1 Å². The van der Waals surface area contributed by atoms with E-state index in [-0.39, 0.29) is 0 Å². The molecule has 3 nitrogen and oxygen atoms in total. The highest BCUT2D eigenvalue weighted by molar-refractivity contribution is 9.10. The quantitative estimate of drug-likeness (QED) is 0.676. The van der Waals surface area contributed by atoms with Crippen LogP contribution in [0, 0.1) is 6.92 Å². The first-order chi connectivity index (χ1) is 9.19. The van der Waals surface area contributed by atoms with Crippen molar-refractivity contribution in [1.29, 1.82) is 0 Å². The third-order valence-corrected chi connectivity index (χ3v) is 3.33. The molecule has 0 heterocycles. The largest absolute Gasteiger partial charge is 0.497 e. The lowest BCUT2D eigenvalue weighted by Crippen LogP contribution is -1.92. The number of methoxy groups -OCH3 is 1. The normalized spacial score (nSPS) is 10.7. The van der Waals surface area contributed by atoms with Crippen molar-refractivity contribution in [1.82, 2.24) is 0 Å². The van der Waals surface area contributed by atoms with Crippen LogP contribution in [0.25, 0.3) is 0 Å². The summed E-state index contributed by atoms with van der Waals surface area (Å²) in [6.45, 7) is 2.06. The van der Waals surface area contributed by atoms with E-state index in [1.165, 1.54) is 5.56 Å². The van der Waals surface area contributed by atoms with Crippen molar-refractivity contribution in [2.45, 2.75) is 6.92 Å². The molecule has 0 unspecified atom stereocenters. The number of rotatable bonds is 4. The third-order valence-electron chi connectivity index (χ3n) is 2.64. The molecule has 0 saturated carbocycles. The predicted octanol–water partition coefficient (Wildman–Crippen LogP) is 4.21. The van der Waals surface area contributed by atoms with Crippen molar-refractivity contribution in [2.24, 2.45) is 5.10 Å². The summed E-state index contributed by atoms with van der Waals surface area (Å²) >= 11 is 3.52. The predicted molar refractivity (Wildman–Crippen MR) is 83.1 cm³/mol. The molecule has 0 spiro atoms. The number of anilines is 1. The maximum Gasteiger partial charge on any atom is 0.119 e. The number of benzene rings is 2. The monoisotopic (exact) mass is 318 g/mol. The van der Waals surface area contributed by atoms with E-state index < -0.39 is 0 Å². The van der Waals surface area contributed by atoms with Crippen LogP contribution in [-0.2, 0) is 0 Å². The molecule has 0 aliphatic rings. The van der Waals surface area contributed by atoms with Crippen LogP contribution >= 0.6 is 15.9 Å². The van der Waals surface area contributed by atoms with Crippen LogP contribution in [0.3, 0.4) is 0 Å². The minimum absolute atomic E-state index is 0.829. The van der Waals surface area contributed by atoms with Gasteiger partial charge in [0.25, 0.3) is 0 Å². The van der Waals surface area contributed by atoms with Crippen LogP contribution in [0.5, 0.6) is 5.75 Å². The molecule has 0 saturated heterocycles. The molecule has 19 heavy (non-hydrogen) atoms. The van der Waals surface area contributed by atoms with Gasteiger partial charge in [-0.2, -0.15) is 5.10 Å². The van der Waals surface area contributed by atoms with Crippen molar-refractivity contribution in [3.05, 3.63) is 58.1 Å². The van der Waals surface area contributed by atoms with Crippen molar-refractivity contribution >= 4 is 27.8 Å². The fourth-order valence-electron chi connectivity index (χ4n) is 1.58. The van der Waals surface area contributed by atoms with Crippen LogP contribution in [-0.4, -0.2) is 13.3 Å². The second-order valence-electron chi connectivity index (χ2n) is 4.12. The summed E-state index contributed by atoms with van der Waals surface area (Å²) in [5.74, 6) is 0.829. The number of nitrogens with one attached hydrogen (secondary N) is 1. The molecule has 0 bridgehead atoms. The number of halogens is 1. The van der Waals surface area contributed by atoms with Gasteiger partial charge in [0, 0.05) is 10.0 Å². The zero-order chi connectivity index (χ0) is 13.7. The first-order valence-electron chi connectivity index (χ1n) is 5.88. The second kappa shape index (κ2) is 6.38. The van der Waals surface area contributed by atoms with Crippen LogP contribution in [0.15, 0.2) is 52.0 Å². The number of hydrogen-bond acceptors (Lipinski definition) is 3. The Morgan fingerprint density at radius 1 is 1.16 bits per heavy atom. The molecule has 0 aliphatic heterocycles. The van der Waals surface area contributed by atoms with Gasteiger partial charge in [-0.05, 0) is 42.8 Å². The molecule has 1 N–H and O–H groups in total. The molecule has 4 heteroatoms. The van der Waals surface area contributed by atoms with Crippen molar-refractivity contribution in [3.8, 4) is 5.75 Å². The minimum Gasteiger partial charge on any atom is -0.497 e. The lowest BCUT2D eigenvalue weighted by atomic mass is 10.2. The van der Waals surface area contributed by atoms with E-state index in [2.05, 4.69) is 45.5 Å². The zero-order valence-corrected chi connectivity index (χ0v) is 12.4. The van der Waals surface area contributed by atoms with Crippen molar-refractivity contribution in [3.63, 3.8) is 0 Å². The molecule has 0 aromatic heterocycles. The summed E-state index contributed by atoms with van der Waals surface area (Å²) in [6.07, 6.45) is 1.79. The van der Waals surface area contributed by atoms with Crippen molar-refractivity contribution in [2.75, 3.05) is 12.5 Å². The fraction of sp³-hybridized carbons (Fsp3) is 0.133. The van der Waals surface area contributed by atoms with E-state index >= 15 is 0 Å². The number of ether oxygens (including phenoxy) is 1. The summed E-state index contributed by atoms with van der Waals surface area (Å²) in [6, 6.07) is 13.8. The molecule has 0 amide bonds. The van der Waals surface area contributed by atoms with Crippen LogP contribution < -0.4 is 10.2 Å². The van der Waals surface area contributed by atoms with Gasteiger partial charge in [-0.3, -0.25) is 5.43 Å². The minimum atomic E-state index is 0.829. The van der Waals surface area contributed by atoms with Gasteiger partial charge in [-0.25, -0.2) is 0 Å². The summed E-state index contributed by atoms with van der Waals surface area (Å²) in [5, 5.41) is 4.21. The van der Waals surface area contributed by atoms with Gasteiger partial charge in [0.1, 0.15) is 5.75 Å². The van der Waals surface area contributed by atoms with Gasteiger partial charge in [-0.1, -0.05) is 28.1 Å². The Morgan fingerprint density at radius 3 is 2.53 bits per heavy atom. The summed E-state index contributed by atoms with van der Waals surface area (Å²) in [4.78, 5) is 0. The number of hydrogen-bond donors (Lipinski definition) is 1. The van der Waals surface area contributed by atoms with E-state index in [1.807, 2.05) is 30.3 Å².